The molecule has 0 radical (unpaired) electrons. The molecule has 44 heavy (non-hydrogen) atoms. The summed E-state index contributed by atoms with van der Waals surface area (Å²) in [7, 11) is 0. The van der Waals surface area contributed by atoms with Gasteiger partial charge in [0.2, 0.25) is 0 Å². The molecule has 0 aromatic rings. The maximum absolute atomic E-state index is 11.2. The highest BCUT2D eigenvalue weighted by molar-refractivity contribution is 4.95. The highest BCUT2D eigenvalue weighted by Gasteiger charge is 2.53. The average molecular weight is 647 g/mol. The van der Waals surface area contributed by atoms with Gasteiger partial charge in [-0.05, 0) is 32.6 Å². The van der Waals surface area contributed by atoms with E-state index >= 15 is 0 Å². The first-order chi connectivity index (χ1) is 20.5. The molecule has 17 nitrogen and oxygen atoms in total. The monoisotopic (exact) mass is 646 g/mol. The van der Waals surface area contributed by atoms with Gasteiger partial charge in [-0.2, -0.15) is 0 Å². The molecular formula is C27H50O17. The lowest BCUT2D eigenvalue weighted by atomic mass is 9.93. The second kappa shape index (κ2) is 15.9. The zero-order chi connectivity index (χ0) is 33.1. The molecule has 0 bridgehead atoms. The van der Waals surface area contributed by atoms with E-state index in [0.717, 1.165) is 0 Å². The number of hydrogen-bond acceptors (Lipinski definition) is 17. The van der Waals surface area contributed by atoms with Crippen molar-refractivity contribution in [3.8, 4) is 0 Å². The van der Waals surface area contributed by atoms with E-state index in [4.69, 9.17) is 28.4 Å². The molecule has 0 aromatic heterocycles. The first kappa shape index (κ1) is 37.8. The van der Waals surface area contributed by atoms with E-state index in [2.05, 4.69) is 0 Å². The third kappa shape index (κ3) is 8.81. The minimum Gasteiger partial charge on any atom is -0.394 e. The Bertz CT molecular complexity index is 853. The summed E-state index contributed by atoms with van der Waals surface area (Å²) >= 11 is 0. The molecule has 3 aliphatic heterocycles. The van der Waals surface area contributed by atoms with E-state index in [1.165, 1.54) is 13.8 Å². The first-order valence-corrected chi connectivity index (χ1v) is 14.8. The Morgan fingerprint density at radius 3 is 1.59 bits per heavy atom. The minimum atomic E-state index is -1.85. The van der Waals surface area contributed by atoms with Crippen LogP contribution in [0.4, 0.5) is 0 Å². The molecule has 0 aromatic carbocycles. The van der Waals surface area contributed by atoms with Crippen molar-refractivity contribution in [1.82, 2.24) is 0 Å². The Labute approximate surface area is 255 Å². The van der Waals surface area contributed by atoms with Crippen molar-refractivity contribution in [1.29, 1.82) is 0 Å². The molecule has 11 N–H and O–H groups in total. The highest BCUT2D eigenvalue weighted by Crippen LogP contribution is 2.33. The van der Waals surface area contributed by atoms with Crippen LogP contribution in [-0.2, 0) is 28.4 Å². The van der Waals surface area contributed by atoms with Gasteiger partial charge in [-0.1, -0.05) is 13.8 Å². The number of aliphatic hydroxyl groups excluding tert-OH is 10. The van der Waals surface area contributed by atoms with Crippen molar-refractivity contribution in [3.05, 3.63) is 0 Å². The summed E-state index contributed by atoms with van der Waals surface area (Å²) in [5.74, 6) is 0.226. The summed E-state index contributed by atoms with van der Waals surface area (Å²) in [6, 6.07) is 0. The summed E-state index contributed by atoms with van der Waals surface area (Å²) in [4.78, 5) is 0. The molecule has 16 atom stereocenters. The van der Waals surface area contributed by atoms with E-state index in [-0.39, 0.29) is 5.92 Å². The van der Waals surface area contributed by atoms with Crippen molar-refractivity contribution in [2.75, 3.05) is 19.8 Å². The predicted octanol–water partition coefficient (Wildman–Crippen LogP) is -4.97. The van der Waals surface area contributed by atoms with Gasteiger partial charge in [-0.3, -0.25) is 0 Å². The van der Waals surface area contributed by atoms with Gasteiger partial charge < -0.3 is 84.6 Å². The highest BCUT2D eigenvalue weighted by atomic mass is 16.8. The standard InChI is InChI=1S/C27H50O17/c1-10(2)5-6-14(27(3,4)38)43-26-23(44-25-22(37)19(34)16(31)12(8-29)41-25)20(35)17(32)13(42-26)9-39-24-21(36)18(33)15(30)11(7-28)40-24/h10-26,28-38H,5-9H2,1-4H3. The predicted molar refractivity (Wildman–Crippen MR) is 144 cm³/mol. The number of ether oxygens (including phenoxy) is 6. The summed E-state index contributed by atoms with van der Waals surface area (Å²) < 4.78 is 34.0. The van der Waals surface area contributed by atoms with Crippen LogP contribution in [0.1, 0.15) is 40.5 Å². The van der Waals surface area contributed by atoms with Crippen LogP contribution < -0.4 is 0 Å². The molecule has 3 saturated heterocycles. The van der Waals surface area contributed by atoms with Crippen LogP contribution in [0.25, 0.3) is 0 Å². The smallest absolute Gasteiger partial charge is 0.187 e. The van der Waals surface area contributed by atoms with Crippen LogP contribution in [0, 0.1) is 5.92 Å². The lowest BCUT2D eigenvalue weighted by Crippen LogP contribution is -2.65. The Hall–Kier alpha value is -0.680. The minimum absolute atomic E-state index is 0.226. The molecule has 0 aliphatic carbocycles. The maximum Gasteiger partial charge on any atom is 0.187 e. The van der Waals surface area contributed by atoms with E-state index in [9.17, 15) is 56.2 Å². The summed E-state index contributed by atoms with van der Waals surface area (Å²) in [6.07, 6.45) is -24.5. The fourth-order valence-electron chi connectivity index (χ4n) is 5.26. The summed E-state index contributed by atoms with van der Waals surface area (Å²) in [5, 5.41) is 113. The van der Waals surface area contributed by atoms with Crippen molar-refractivity contribution >= 4 is 0 Å². The summed E-state index contributed by atoms with van der Waals surface area (Å²) in [6.45, 7) is 4.91. The van der Waals surface area contributed by atoms with Crippen LogP contribution in [-0.4, -0.2) is 180 Å². The first-order valence-electron chi connectivity index (χ1n) is 14.8. The largest absolute Gasteiger partial charge is 0.394 e. The third-order valence-electron chi connectivity index (χ3n) is 8.15. The van der Waals surface area contributed by atoms with Gasteiger partial charge in [0.05, 0.1) is 31.5 Å². The van der Waals surface area contributed by atoms with E-state index in [0.29, 0.717) is 12.8 Å². The molecular weight excluding hydrogens is 596 g/mol. The van der Waals surface area contributed by atoms with Crippen LogP contribution in [0.15, 0.2) is 0 Å². The lowest BCUT2D eigenvalue weighted by molar-refractivity contribution is -0.380. The quantitative estimate of drug-likeness (QED) is 0.0894. The Balaban J connectivity index is 1.84. The molecule has 3 fully saturated rings. The SMILES string of the molecule is CC(C)CCC(OC1OC(COC2OC(CO)C(O)C(O)C2O)C(O)C(O)C1OC1OC(CO)C(O)C(O)C1O)C(C)(C)O. The van der Waals surface area contributed by atoms with Crippen LogP contribution in [0.5, 0.6) is 0 Å². The lowest BCUT2D eigenvalue weighted by Gasteiger charge is -2.47. The van der Waals surface area contributed by atoms with Gasteiger partial charge in [-0.15, -0.1) is 0 Å². The van der Waals surface area contributed by atoms with E-state index in [1.54, 1.807) is 0 Å². The zero-order valence-corrected chi connectivity index (χ0v) is 25.2. The van der Waals surface area contributed by atoms with Crippen LogP contribution in [0.2, 0.25) is 0 Å². The normalized spacial score (nSPS) is 44.6. The molecule has 17 heteroatoms. The molecule has 0 saturated carbocycles. The van der Waals surface area contributed by atoms with Gasteiger partial charge in [0.25, 0.3) is 0 Å². The van der Waals surface area contributed by atoms with Gasteiger partial charge >= 0.3 is 0 Å². The number of rotatable bonds is 13. The Kier molecular flexibility index (Phi) is 13.7. The van der Waals surface area contributed by atoms with Gasteiger partial charge in [0.1, 0.15) is 73.2 Å². The fraction of sp³-hybridized carbons (Fsp3) is 1.00. The Morgan fingerprint density at radius 1 is 0.614 bits per heavy atom. The summed E-state index contributed by atoms with van der Waals surface area (Å²) in [5.41, 5.74) is -1.44. The molecule has 3 aliphatic rings. The van der Waals surface area contributed by atoms with Gasteiger partial charge in [-0.25, -0.2) is 0 Å². The molecule has 0 spiro atoms. The van der Waals surface area contributed by atoms with Crippen LogP contribution in [0.3, 0.4) is 0 Å². The third-order valence-corrected chi connectivity index (χ3v) is 8.15. The van der Waals surface area contributed by atoms with Crippen LogP contribution >= 0.6 is 0 Å². The fourth-order valence-corrected chi connectivity index (χ4v) is 5.26. The zero-order valence-electron chi connectivity index (χ0n) is 25.2. The van der Waals surface area contributed by atoms with E-state index < -0.39 is 124 Å². The molecule has 0 amide bonds. The molecule has 260 valence electrons. The van der Waals surface area contributed by atoms with Crippen molar-refractivity contribution < 1.29 is 84.6 Å². The van der Waals surface area contributed by atoms with Crippen molar-refractivity contribution in [2.24, 2.45) is 5.92 Å². The topological polar surface area (TPSA) is 278 Å². The molecule has 3 rings (SSSR count). The number of aliphatic hydroxyl groups is 11. The maximum atomic E-state index is 11.2. The Morgan fingerprint density at radius 2 is 1.09 bits per heavy atom. The van der Waals surface area contributed by atoms with E-state index in [1.807, 2.05) is 13.8 Å². The molecule has 3 heterocycles. The second-order valence-electron chi connectivity index (χ2n) is 12.6. The average Bonchev–Trinajstić information content (AvgIpc) is 2.96. The van der Waals surface area contributed by atoms with Gasteiger partial charge in [0, 0.05) is 0 Å². The van der Waals surface area contributed by atoms with Crippen molar-refractivity contribution in [3.63, 3.8) is 0 Å². The second-order valence-corrected chi connectivity index (χ2v) is 12.6. The van der Waals surface area contributed by atoms with Crippen molar-refractivity contribution in [2.45, 2.75) is 144 Å². The number of hydrogen-bond donors (Lipinski definition) is 11. The molecule has 16 unspecified atom stereocenters. The van der Waals surface area contributed by atoms with Gasteiger partial charge in [0.15, 0.2) is 18.9 Å².